The average Bonchev–Trinajstić information content (AvgIpc) is 2.25. The smallest absolute Gasteiger partial charge is 0.0726 e. The first-order chi connectivity index (χ1) is 8.24. The highest BCUT2D eigenvalue weighted by Gasteiger charge is 2.58. The molecule has 0 saturated heterocycles. The Morgan fingerprint density at radius 1 is 1.33 bits per heavy atom. The van der Waals surface area contributed by atoms with Crippen LogP contribution in [0.2, 0.25) is 0 Å². The summed E-state index contributed by atoms with van der Waals surface area (Å²) in [5.74, 6) is 0. The second-order valence-electron chi connectivity index (χ2n) is 6.65. The Morgan fingerprint density at radius 3 is 2.44 bits per heavy atom. The number of alkyl halides is 1. The lowest BCUT2D eigenvalue weighted by Gasteiger charge is -2.59. The highest BCUT2D eigenvalue weighted by Crippen LogP contribution is 2.61. The van der Waals surface area contributed by atoms with Crippen LogP contribution in [0.5, 0.6) is 0 Å². The van der Waals surface area contributed by atoms with Gasteiger partial charge in [-0.05, 0) is 48.6 Å². The molecular weight excluding hydrogens is 356 g/mol. The summed E-state index contributed by atoms with van der Waals surface area (Å²) in [5, 5.41) is 11.0. The summed E-state index contributed by atoms with van der Waals surface area (Å²) in [6.45, 7) is 6.60. The number of hydrogen-bond acceptors (Lipinski definition) is 1. The van der Waals surface area contributed by atoms with Crippen molar-refractivity contribution < 1.29 is 5.11 Å². The van der Waals surface area contributed by atoms with Gasteiger partial charge in [0, 0.05) is 10.2 Å². The fourth-order valence-corrected chi connectivity index (χ4v) is 5.83. The lowest BCUT2D eigenvalue weighted by Crippen LogP contribution is -2.59. The minimum absolute atomic E-state index is 0.107. The van der Waals surface area contributed by atoms with E-state index in [0.29, 0.717) is 4.83 Å². The van der Waals surface area contributed by atoms with Crippen molar-refractivity contribution in [3.8, 4) is 0 Å². The van der Waals surface area contributed by atoms with Gasteiger partial charge in [-0.25, -0.2) is 0 Å². The predicted octanol–water partition coefficient (Wildman–Crippen LogP) is 4.94. The highest BCUT2D eigenvalue weighted by atomic mass is 79.9. The Labute approximate surface area is 127 Å². The second kappa shape index (κ2) is 4.75. The molecular formula is C15H22Br2O. The second-order valence-corrected chi connectivity index (χ2v) is 8.40. The first-order valence-corrected chi connectivity index (χ1v) is 8.42. The number of rotatable bonds is 0. The maximum Gasteiger partial charge on any atom is 0.0726 e. The van der Waals surface area contributed by atoms with Crippen LogP contribution in [-0.2, 0) is 0 Å². The molecule has 1 fully saturated rings. The lowest BCUT2D eigenvalue weighted by atomic mass is 9.48. The summed E-state index contributed by atoms with van der Waals surface area (Å²) < 4.78 is 0. The van der Waals surface area contributed by atoms with Crippen LogP contribution >= 0.6 is 31.9 Å². The third-order valence-corrected chi connectivity index (χ3v) is 6.29. The molecule has 0 aromatic carbocycles. The summed E-state index contributed by atoms with van der Waals surface area (Å²) in [5.41, 5.74) is 0.673. The summed E-state index contributed by atoms with van der Waals surface area (Å²) in [6, 6.07) is 0. The third-order valence-electron chi connectivity index (χ3n) is 5.05. The molecule has 2 rings (SSSR count). The molecule has 3 heteroatoms. The Kier molecular flexibility index (Phi) is 3.90. The van der Waals surface area contributed by atoms with E-state index < -0.39 is 5.60 Å². The average molecular weight is 378 g/mol. The van der Waals surface area contributed by atoms with Gasteiger partial charge in [0.1, 0.15) is 0 Å². The maximum atomic E-state index is 11.0. The molecule has 3 atom stereocenters. The van der Waals surface area contributed by atoms with E-state index in [4.69, 9.17) is 0 Å². The van der Waals surface area contributed by atoms with Gasteiger partial charge in [-0.15, -0.1) is 0 Å². The van der Waals surface area contributed by atoms with Gasteiger partial charge in [0.2, 0.25) is 0 Å². The normalized spacial score (nSPS) is 45.7. The van der Waals surface area contributed by atoms with Gasteiger partial charge in [0.05, 0.1) is 5.60 Å². The van der Waals surface area contributed by atoms with Gasteiger partial charge in [-0.2, -0.15) is 0 Å². The number of hydrogen-bond donors (Lipinski definition) is 1. The van der Waals surface area contributed by atoms with Crippen LogP contribution in [0.15, 0.2) is 22.7 Å². The van der Waals surface area contributed by atoms with Crippen LogP contribution in [0, 0.1) is 10.8 Å². The molecule has 0 amide bonds. The maximum absolute atomic E-state index is 11.0. The molecule has 1 saturated carbocycles. The van der Waals surface area contributed by atoms with Crippen LogP contribution < -0.4 is 0 Å². The van der Waals surface area contributed by atoms with E-state index in [0.717, 1.165) is 25.7 Å². The molecule has 0 aromatic heterocycles. The van der Waals surface area contributed by atoms with Crippen molar-refractivity contribution in [3.05, 3.63) is 22.7 Å². The van der Waals surface area contributed by atoms with E-state index in [1.807, 2.05) is 11.9 Å². The third kappa shape index (κ3) is 2.16. The first-order valence-electron chi connectivity index (χ1n) is 6.59. The largest absolute Gasteiger partial charge is 0.389 e. The topological polar surface area (TPSA) is 20.2 Å². The SMILES string of the molecule is CC1(C)C[C@@H](Br)C[C@](C)(O)C12C=C/C(=C/Br)CC2. The molecule has 2 aliphatic carbocycles. The van der Waals surface area contributed by atoms with Gasteiger partial charge >= 0.3 is 0 Å². The van der Waals surface area contributed by atoms with Gasteiger partial charge in [-0.3, -0.25) is 0 Å². The molecule has 1 nitrogen and oxygen atoms in total. The van der Waals surface area contributed by atoms with Crippen LogP contribution in [0.3, 0.4) is 0 Å². The van der Waals surface area contributed by atoms with Crippen LogP contribution in [-0.4, -0.2) is 15.5 Å². The number of allylic oxidation sites excluding steroid dienone is 2. The van der Waals surface area contributed by atoms with E-state index >= 15 is 0 Å². The zero-order chi connectivity index (χ0) is 13.6. The molecule has 0 aliphatic heterocycles. The standard InChI is InChI=1S/C15H22Br2O/c1-13(2)8-12(17)9-14(3,18)15(13)6-4-11(10-16)5-7-15/h4,6,10,12,18H,5,7-9H2,1-3H3/b11-10-/t12-,14+,15?/m1/s1. The van der Waals surface area contributed by atoms with Crippen molar-refractivity contribution in [2.24, 2.45) is 10.8 Å². The van der Waals surface area contributed by atoms with Gasteiger partial charge in [0.15, 0.2) is 0 Å². The summed E-state index contributed by atoms with van der Waals surface area (Å²) in [7, 11) is 0. The Hall–Kier alpha value is 0.400. The fraction of sp³-hybridized carbons (Fsp3) is 0.733. The van der Waals surface area contributed by atoms with E-state index in [-0.39, 0.29) is 10.8 Å². The van der Waals surface area contributed by atoms with E-state index in [1.165, 1.54) is 5.57 Å². The van der Waals surface area contributed by atoms with Gasteiger partial charge in [0.25, 0.3) is 0 Å². The summed E-state index contributed by atoms with van der Waals surface area (Å²) >= 11 is 7.12. The zero-order valence-corrected chi connectivity index (χ0v) is 14.5. The number of halogens is 2. The zero-order valence-electron chi connectivity index (χ0n) is 11.3. The molecule has 102 valence electrons. The molecule has 0 radical (unpaired) electrons. The first kappa shape index (κ1) is 14.8. The van der Waals surface area contributed by atoms with Crippen molar-refractivity contribution in [2.45, 2.75) is 56.9 Å². The Morgan fingerprint density at radius 2 is 2.00 bits per heavy atom. The monoisotopic (exact) mass is 376 g/mol. The van der Waals surface area contributed by atoms with Crippen molar-refractivity contribution in [3.63, 3.8) is 0 Å². The molecule has 0 heterocycles. The molecule has 0 bridgehead atoms. The quantitative estimate of drug-likeness (QED) is 0.593. The molecule has 0 aromatic rings. The van der Waals surface area contributed by atoms with E-state index in [1.54, 1.807) is 0 Å². The Bertz CT molecular complexity index is 375. The van der Waals surface area contributed by atoms with Gasteiger partial charge < -0.3 is 5.11 Å². The molecule has 18 heavy (non-hydrogen) atoms. The fourth-order valence-electron chi connectivity index (χ4n) is 4.01. The van der Waals surface area contributed by atoms with Crippen molar-refractivity contribution in [2.75, 3.05) is 0 Å². The minimum Gasteiger partial charge on any atom is -0.389 e. The summed E-state index contributed by atoms with van der Waals surface area (Å²) in [6.07, 6.45) is 8.45. The van der Waals surface area contributed by atoms with E-state index in [2.05, 4.69) is 57.9 Å². The Balaban J connectivity index is 2.46. The van der Waals surface area contributed by atoms with Crippen LogP contribution in [0.1, 0.15) is 46.5 Å². The van der Waals surface area contributed by atoms with Crippen molar-refractivity contribution in [1.29, 1.82) is 0 Å². The molecule has 2 aliphatic rings. The van der Waals surface area contributed by atoms with Crippen molar-refractivity contribution in [1.82, 2.24) is 0 Å². The minimum atomic E-state index is -0.642. The van der Waals surface area contributed by atoms with Crippen LogP contribution in [0.25, 0.3) is 0 Å². The molecule has 1 spiro atoms. The van der Waals surface area contributed by atoms with Gasteiger partial charge in [-0.1, -0.05) is 57.9 Å². The van der Waals surface area contributed by atoms with Crippen LogP contribution in [0.4, 0.5) is 0 Å². The summed E-state index contributed by atoms with van der Waals surface area (Å²) in [4.78, 5) is 2.41. The number of aliphatic hydroxyl groups is 1. The highest BCUT2D eigenvalue weighted by molar-refractivity contribution is 9.11. The lowest BCUT2D eigenvalue weighted by molar-refractivity contribution is -0.140. The van der Waals surface area contributed by atoms with E-state index in [9.17, 15) is 5.11 Å². The molecule has 1 N–H and O–H groups in total. The molecule has 1 unspecified atom stereocenters. The van der Waals surface area contributed by atoms with Crippen molar-refractivity contribution >= 4 is 31.9 Å². The predicted molar refractivity (Wildman–Crippen MR) is 84.2 cm³/mol.